The minimum absolute atomic E-state index is 0.00579. The molecule has 2 aromatic rings. The number of methoxy groups -OCH3 is 1. The minimum Gasteiger partial charge on any atom is -0.369 e. The predicted molar refractivity (Wildman–Crippen MR) is 170 cm³/mol. The van der Waals surface area contributed by atoms with Crippen molar-refractivity contribution < 1.29 is 33.2 Å². The van der Waals surface area contributed by atoms with Crippen LogP contribution in [0.3, 0.4) is 0 Å². The number of ether oxygens (including phenoxy) is 7. The molecule has 8 atom stereocenters. The van der Waals surface area contributed by atoms with Crippen molar-refractivity contribution in [2.24, 2.45) is 0 Å². The van der Waals surface area contributed by atoms with Crippen LogP contribution < -0.4 is 0 Å². The molecular formula is C33H52N4O7S. The molecule has 3 fully saturated rings. The Labute approximate surface area is 272 Å². The van der Waals surface area contributed by atoms with Gasteiger partial charge in [0, 0.05) is 18.8 Å². The molecule has 1 unspecified atom stereocenters. The quantitative estimate of drug-likeness (QED) is 0.120. The van der Waals surface area contributed by atoms with Gasteiger partial charge in [0.25, 0.3) is 0 Å². The summed E-state index contributed by atoms with van der Waals surface area (Å²) in [5.41, 5.74) is 0.913. The molecule has 0 radical (unpaired) electrons. The Morgan fingerprint density at radius 1 is 0.889 bits per heavy atom. The van der Waals surface area contributed by atoms with Crippen LogP contribution in [0.5, 0.6) is 0 Å². The van der Waals surface area contributed by atoms with Crippen molar-refractivity contribution in [3.05, 3.63) is 30.3 Å². The summed E-state index contributed by atoms with van der Waals surface area (Å²) in [4.78, 5) is 0. The third-order valence-electron chi connectivity index (χ3n) is 8.60. The first-order chi connectivity index (χ1) is 21.6. The molecule has 45 heavy (non-hydrogen) atoms. The zero-order valence-electron chi connectivity index (χ0n) is 27.9. The number of thioether (sulfide) groups is 1. The molecule has 0 amide bonds. The van der Waals surface area contributed by atoms with Gasteiger partial charge in [0.05, 0.1) is 30.1 Å². The molecule has 252 valence electrons. The summed E-state index contributed by atoms with van der Waals surface area (Å²) in [6.45, 7) is 12.4. The van der Waals surface area contributed by atoms with Crippen molar-refractivity contribution in [1.29, 1.82) is 0 Å². The lowest BCUT2D eigenvalue weighted by Gasteiger charge is -2.43. The molecule has 0 aliphatic carbocycles. The van der Waals surface area contributed by atoms with Crippen molar-refractivity contribution >= 4 is 11.8 Å². The highest BCUT2D eigenvalue weighted by atomic mass is 32.2. The van der Waals surface area contributed by atoms with E-state index in [9.17, 15) is 0 Å². The van der Waals surface area contributed by atoms with Crippen LogP contribution in [-0.4, -0.2) is 93.7 Å². The second kappa shape index (κ2) is 15.5. The van der Waals surface area contributed by atoms with E-state index in [4.69, 9.17) is 33.2 Å². The number of para-hydroxylation sites is 1. The van der Waals surface area contributed by atoms with Gasteiger partial charge in [0.1, 0.15) is 25.1 Å². The molecule has 1 aromatic heterocycles. The highest BCUT2D eigenvalue weighted by molar-refractivity contribution is 7.99. The van der Waals surface area contributed by atoms with Crippen LogP contribution in [-0.2, 0) is 33.2 Å². The maximum atomic E-state index is 6.95. The first-order valence-electron chi connectivity index (χ1n) is 16.6. The number of tetrazole rings is 1. The van der Waals surface area contributed by atoms with Crippen molar-refractivity contribution in [2.45, 2.75) is 158 Å². The van der Waals surface area contributed by atoms with Gasteiger partial charge in [0.2, 0.25) is 5.16 Å². The molecule has 0 saturated carbocycles. The van der Waals surface area contributed by atoms with E-state index in [1.807, 2.05) is 58.0 Å². The number of nitrogens with zero attached hydrogens (tertiary/aromatic N) is 4. The lowest BCUT2D eigenvalue weighted by atomic mass is 9.89. The Hall–Kier alpha value is -1.64. The lowest BCUT2D eigenvalue weighted by molar-refractivity contribution is -0.231. The van der Waals surface area contributed by atoms with Gasteiger partial charge < -0.3 is 33.2 Å². The van der Waals surface area contributed by atoms with E-state index in [-0.39, 0.29) is 54.8 Å². The highest BCUT2D eigenvalue weighted by Crippen LogP contribution is 2.44. The van der Waals surface area contributed by atoms with E-state index < -0.39 is 11.6 Å². The third-order valence-corrected chi connectivity index (χ3v) is 9.66. The van der Waals surface area contributed by atoms with E-state index >= 15 is 0 Å². The average Bonchev–Trinajstić information content (AvgIpc) is 3.67. The monoisotopic (exact) mass is 648 g/mol. The maximum Gasteiger partial charge on any atom is 0.214 e. The Morgan fingerprint density at radius 2 is 1.60 bits per heavy atom. The molecule has 1 aromatic carbocycles. The SMILES string of the molecule is CCCCCCC[C@H]1OC(C)(C)O[C@@H]1C[C@H]1O[C@@H](CC(C)Sc2nnnn2-c2ccccc2)[C@@H](OCOC)[C@@H]2OC(C)(C)O[C@@H]21. The van der Waals surface area contributed by atoms with Gasteiger partial charge in [-0.25, -0.2) is 0 Å². The molecule has 0 N–H and O–H groups in total. The van der Waals surface area contributed by atoms with E-state index in [2.05, 4.69) is 29.4 Å². The zero-order chi connectivity index (χ0) is 32.0. The van der Waals surface area contributed by atoms with Crippen LogP contribution >= 0.6 is 11.8 Å². The summed E-state index contributed by atoms with van der Waals surface area (Å²) in [7, 11) is 1.62. The minimum atomic E-state index is -0.774. The van der Waals surface area contributed by atoms with E-state index in [1.54, 1.807) is 23.6 Å². The fourth-order valence-corrected chi connectivity index (χ4v) is 7.72. The van der Waals surface area contributed by atoms with Gasteiger partial charge >= 0.3 is 0 Å². The van der Waals surface area contributed by atoms with Crippen LogP contribution in [0.1, 0.15) is 92.9 Å². The van der Waals surface area contributed by atoms with Gasteiger partial charge in [0.15, 0.2) is 11.6 Å². The predicted octanol–water partition coefficient (Wildman–Crippen LogP) is 6.08. The second-order valence-corrected chi connectivity index (χ2v) is 14.7. The molecular weight excluding hydrogens is 596 g/mol. The van der Waals surface area contributed by atoms with Crippen molar-refractivity contribution in [2.75, 3.05) is 13.9 Å². The smallest absolute Gasteiger partial charge is 0.214 e. The van der Waals surface area contributed by atoms with Crippen LogP contribution in [0, 0.1) is 0 Å². The Bertz CT molecular complexity index is 1180. The Morgan fingerprint density at radius 3 is 2.36 bits per heavy atom. The van der Waals surface area contributed by atoms with E-state index in [0.29, 0.717) is 12.8 Å². The average molecular weight is 649 g/mol. The molecule has 3 aliphatic rings. The summed E-state index contributed by atoms with van der Waals surface area (Å²) in [6, 6.07) is 9.90. The van der Waals surface area contributed by atoms with Crippen molar-refractivity contribution in [3.63, 3.8) is 0 Å². The van der Waals surface area contributed by atoms with Gasteiger partial charge in [-0.15, -0.1) is 5.10 Å². The molecule has 3 aliphatic heterocycles. The maximum absolute atomic E-state index is 6.95. The summed E-state index contributed by atoms with van der Waals surface area (Å²) in [5, 5.41) is 13.3. The van der Waals surface area contributed by atoms with E-state index in [0.717, 1.165) is 23.7 Å². The molecule has 0 bridgehead atoms. The largest absolute Gasteiger partial charge is 0.369 e. The molecule has 4 heterocycles. The van der Waals surface area contributed by atoms with Crippen molar-refractivity contribution in [1.82, 2.24) is 20.2 Å². The first-order valence-corrected chi connectivity index (χ1v) is 17.4. The fourth-order valence-electron chi connectivity index (χ4n) is 6.75. The van der Waals surface area contributed by atoms with Crippen LogP contribution in [0.2, 0.25) is 0 Å². The Balaban J connectivity index is 1.32. The van der Waals surface area contributed by atoms with Crippen LogP contribution in [0.4, 0.5) is 0 Å². The van der Waals surface area contributed by atoms with E-state index in [1.165, 1.54) is 25.7 Å². The lowest BCUT2D eigenvalue weighted by Crippen LogP contribution is -2.58. The summed E-state index contributed by atoms with van der Waals surface area (Å²) in [5.74, 6) is -1.42. The summed E-state index contributed by atoms with van der Waals surface area (Å²) >= 11 is 1.61. The molecule has 0 spiro atoms. The van der Waals surface area contributed by atoms with Gasteiger partial charge in [-0.2, -0.15) is 4.68 Å². The van der Waals surface area contributed by atoms with Gasteiger partial charge in [-0.1, -0.05) is 75.9 Å². The normalized spacial score (nSPS) is 31.2. The standard InChI is InChI=1S/C33H52N4O7S/c1-8-9-10-11-15-18-24-25(42-32(3,4)41-24)20-27-29-30(44-33(5,6)43-29)28(39-21-38-7)26(40-27)19-22(2)45-31-34-35-36-37(31)23-16-13-12-14-17-23/h12-14,16-17,22,24-30H,8-11,15,18-21H2,1-7H3/t22?,24-,25-,26+,27-,28-,29-,30+/m1/s1. The molecule has 12 heteroatoms. The summed E-state index contributed by atoms with van der Waals surface area (Å²) in [6.07, 6.45) is 6.71. The first kappa shape index (κ1) is 34.7. The fraction of sp³-hybridized carbons (Fsp3) is 0.788. The number of fused-ring (bicyclic) bond motifs is 1. The van der Waals surface area contributed by atoms with Crippen LogP contribution in [0.25, 0.3) is 5.69 Å². The molecule has 11 nitrogen and oxygen atoms in total. The Kier molecular flexibility index (Phi) is 12.0. The zero-order valence-corrected chi connectivity index (χ0v) is 28.7. The number of hydrogen-bond acceptors (Lipinski definition) is 11. The number of aromatic nitrogens is 4. The number of hydrogen-bond donors (Lipinski definition) is 0. The highest BCUT2D eigenvalue weighted by Gasteiger charge is 2.57. The second-order valence-electron chi connectivity index (χ2n) is 13.3. The topological polar surface area (TPSA) is 108 Å². The molecule has 3 saturated heterocycles. The van der Waals surface area contributed by atoms with Gasteiger partial charge in [-0.05, 0) is 63.1 Å². The number of benzene rings is 1. The summed E-state index contributed by atoms with van der Waals surface area (Å²) < 4.78 is 46.3. The number of unbranched alkanes of at least 4 members (excludes halogenated alkanes) is 4. The number of rotatable bonds is 16. The van der Waals surface area contributed by atoms with Gasteiger partial charge in [-0.3, -0.25) is 0 Å². The third kappa shape index (κ3) is 9.04. The van der Waals surface area contributed by atoms with Crippen LogP contribution in [0.15, 0.2) is 35.5 Å². The molecule has 5 rings (SSSR count). The van der Waals surface area contributed by atoms with Crippen molar-refractivity contribution in [3.8, 4) is 5.69 Å².